The summed E-state index contributed by atoms with van der Waals surface area (Å²) in [5.41, 5.74) is 16.4. The Bertz CT molecular complexity index is 1390. The van der Waals surface area contributed by atoms with Crippen molar-refractivity contribution in [3.05, 3.63) is 82.9 Å². The molecule has 0 aromatic heterocycles. The number of ketones is 1. The van der Waals surface area contributed by atoms with Crippen LogP contribution in [0.3, 0.4) is 0 Å². The Labute approximate surface area is 285 Å². The third-order valence-electron chi connectivity index (χ3n) is 9.26. The van der Waals surface area contributed by atoms with E-state index in [-0.39, 0.29) is 36.4 Å². The van der Waals surface area contributed by atoms with E-state index in [4.69, 9.17) is 11.5 Å². The van der Waals surface area contributed by atoms with E-state index >= 15 is 0 Å². The number of hydrogen-bond donors (Lipinski definition) is 4. The zero-order valence-corrected chi connectivity index (χ0v) is 28.8. The molecule has 2 aliphatic heterocycles. The van der Waals surface area contributed by atoms with Crippen molar-refractivity contribution in [2.75, 3.05) is 39.8 Å². The predicted octanol–water partition coefficient (Wildman–Crippen LogP) is 2.60. The summed E-state index contributed by atoms with van der Waals surface area (Å²) in [4.78, 5) is 59.1. The molecule has 0 bridgehead atoms. The van der Waals surface area contributed by atoms with Gasteiger partial charge in [-0.15, -0.1) is 0 Å². The molecule has 0 saturated carbocycles. The summed E-state index contributed by atoms with van der Waals surface area (Å²) < 4.78 is 0. The lowest BCUT2D eigenvalue weighted by molar-refractivity contribution is -0.138. The van der Waals surface area contributed by atoms with E-state index < -0.39 is 30.0 Å². The summed E-state index contributed by atoms with van der Waals surface area (Å²) in [5, 5.41) is 5.96. The Balaban J connectivity index is 1.47. The summed E-state index contributed by atoms with van der Waals surface area (Å²) >= 11 is 0. The van der Waals surface area contributed by atoms with Gasteiger partial charge in [0.05, 0.1) is 12.1 Å². The van der Waals surface area contributed by atoms with Crippen molar-refractivity contribution in [1.82, 2.24) is 20.4 Å². The minimum Gasteiger partial charge on any atom is -0.345 e. The lowest BCUT2D eigenvalue weighted by atomic mass is 9.88. The van der Waals surface area contributed by atoms with Crippen molar-refractivity contribution in [1.29, 1.82) is 0 Å². The predicted molar refractivity (Wildman–Crippen MR) is 189 cm³/mol. The number of Topliss-reactive ketones (excluding diaryl/α,β-unsaturated/α-hetero) is 1. The quantitative estimate of drug-likeness (QED) is 0.142. The average molecular weight is 659 g/mol. The first kappa shape index (κ1) is 37.0. The third kappa shape index (κ3) is 10.8. The van der Waals surface area contributed by atoms with Crippen LogP contribution in [-0.2, 0) is 32.0 Å². The summed E-state index contributed by atoms with van der Waals surface area (Å²) in [6.45, 7) is 7.42. The molecule has 3 amide bonds. The Hall–Kier alpha value is -3.86. The highest BCUT2D eigenvalue weighted by Gasteiger charge is 2.36. The number of amides is 3. The Kier molecular flexibility index (Phi) is 13.9. The average Bonchev–Trinajstić information content (AvgIpc) is 3.61. The number of carbonyl (C=O) groups excluding carboxylic acids is 4. The molecule has 4 unspecified atom stereocenters. The molecule has 2 aromatic carbocycles. The number of hydrogen-bond acceptors (Lipinski definition) is 7. The van der Waals surface area contributed by atoms with Gasteiger partial charge in [-0.2, -0.15) is 0 Å². The van der Waals surface area contributed by atoms with Gasteiger partial charge in [0.1, 0.15) is 6.04 Å². The number of likely N-dealkylation sites (N-methyl/N-ethyl adjacent to an activating group) is 1. The van der Waals surface area contributed by atoms with Crippen LogP contribution in [0.1, 0.15) is 57.1 Å². The topological polar surface area (TPSA) is 151 Å². The summed E-state index contributed by atoms with van der Waals surface area (Å²) in [6.07, 6.45) is 2.96. The second-order valence-corrected chi connectivity index (χ2v) is 14.0. The van der Waals surface area contributed by atoms with Gasteiger partial charge in [0.2, 0.25) is 17.7 Å². The molecule has 0 aliphatic carbocycles. The maximum absolute atomic E-state index is 14.0. The van der Waals surface area contributed by atoms with Gasteiger partial charge in [-0.25, -0.2) is 0 Å². The summed E-state index contributed by atoms with van der Waals surface area (Å²) in [7, 11) is 2.07. The van der Waals surface area contributed by atoms with E-state index in [1.165, 1.54) is 11.1 Å². The Morgan fingerprint density at radius 3 is 1.90 bits per heavy atom. The Morgan fingerprint density at radius 2 is 1.33 bits per heavy atom. The molecular weight excluding hydrogens is 604 g/mol. The van der Waals surface area contributed by atoms with E-state index in [1.54, 1.807) is 0 Å². The molecule has 4 rings (SSSR count). The fraction of sp³-hybridized carbons (Fsp3) is 0.526. The molecule has 260 valence electrons. The van der Waals surface area contributed by atoms with E-state index in [1.807, 2.05) is 79.4 Å². The molecule has 0 fully saturated rings. The van der Waals surface area contributed by atoms with Crippen LogP contribution in [0.5, 0.6) is 0 Å². The van der Waals surface area contributed by atoms with Crippen molar-refractivity contribution < 1.29 is 19.2 Å². The number of nitrogens with two attached hydrogens (primary N) is 2. The first-order chi connectivity index (χ1) is 23.0. The smallest absolute Gasteiger partial charge is 0.245 e. The summed E-state index contributed by atoms with van der Waals surface area (Å²) in [6, 6.07) is 16.6. The second kappa shape index (κ2) is 18.1. The van der Waals surface area contributed by atoms with Crippen LogP contribution in [-0.4, -0.2) is 91.2 Å². The molecule has 0 saturated heterocycles. The lowest BCUT2D eigenvalue weighted by Gasteiger charge is -2.28. The van der Waals surface area contributed by atoms with Gasteiger partial charge >= 0.3 is 0 Å². The molecule has 10 nitrogen and oxygen atoms in total. The zero-order valence-electron chi connectivity index (χ0n) is 28.8. The molecule has 2 aliphatic rings. The van der Waals surface area contributed by atoms with Crippen LogP contribution in [0.15, 0.2) is 71.8 Å². The first-order valence-electron chi connectivity index (χ1n) is 17.4. The molecule has 0 spiro atoms. The van der Waals surface area contributed by atoms with E-state index in [0.717, 1.165) is 30.6 Å². The SMILES string of the molecule is CC(C)CC(CC(=O)C(Cc1ccccc1)NC(=O)C(N)Cc1ccccc1)C(=O)NC(CCCCN)C(=O)N1CC2=C(CN(C)C2)C1. The fourth-order valence-corrected chi connectivity index (χ4v) is 6.76. The highest BCUT2D eigenvalue weighted by Crippen LogP contribution is 2.26. The van der Waals surface area contributed by atoms with Crippen LogP contribution in [0, 0.1) is 11.8 Å². The van der Waals surface area contributed by atoms with E-state index in [2.05, 4.69) is 22.6 Å². The van der Waals surface area contributed by atoms with Gasteiger partial charge in [-0.05, 0) is 80.3 Å². The number of nitrogens with zero attached hydrogens (tertiary/aromatic N) is 2. The van der Waals surface area contributed by atoms with Gasteiger partial charge in [0, 0.05) is 38.5 Å². The highest BCUT2D eigenvalue weighted by molar-refractivity contribution is 5.95. The molecule has 4 atom stereocenters. The maximum Gasteiger partial charge on any atom is 0.245 e. The third-order valence-corrected chi connectivity index (χ3v) is 9.26. The molecule has 2 heterocycles. The molecule has 2 aromatic rings. The normalized spacial score (nSPS) is 17.2. The van der Waals surface area contributed by atoms with Crippen LogP contribution >= 0.6 is 0 Å². The molecule has 6 N–H and O–H groups in total. The zero-order chi connectivity index (χ0) is 34.6. The standard InChI is InChI=1S/C38H54N6O4/c1-26(2)18-29(36(46)41-33(16-10-11-17-39)38(48)44-24-30-22-43(3)23-31(30)25-44)21-35(45)34(20-28-14-8-5-9-15-28)42-37(47)32(40)19-27-12-6-4-7-13-27/h4-9,12-15,26,29,32-34H,10-11,16-25,39-40H2,1-3H3,(H,41,46)(H,42,47). The molecule has 0 radical (unpaired) electrons. The number of unbranched alkanes of at least 4 members (excludes halogenated alkanes) is 1. The van der Waals surface area contributed by atoms with Gasteiger partial charge in [0.25, 0.3) is 0 Å². The lowest BCUT2D eigenvalue weighted by Crippen LogP contribution is -2.52. The van der Waals surface area contributed by atoms with Crippen molar-refractivity contribution in [2.45, 2.75) is 76.9 Å². The minimum atomic E-state index is -0.859. The number of benzene rings is 2. The van der Waals surface area contributed by atoms with E-state index in [9.17, 15) is 19.2 Å². The van der Waals surface area contributed by atoms with Crippen LogP contribution in [0.25, 0.3) is 0 Å². The monoisotopic (exact) mass is 658 g/mol. The van der Waals surface area contributed by atoms with Gasteiger partial charge in [-0.1, -0.05) is 74.5 Å². The molecular formula is C38H54N6O4. The largest absolute Gasteiger partial charge is 0.345 e. The molecule has 10 heteroatoms. The second-order valence-electron chi connectivity index (χ2n) is 14.0. The number of nitrogens with one attached hydrogen (secondary N) is 2. The van der Waals surface area contributed by atoms with Crippen molar-refractivity contribution in [3.63, 3.8) is 0 Å². The van der Waals surface area contributed by atoms with Gasteiger partial charge in [-0.3, -0.25) is 24.1 Å². The summed E-state index contributed by atoms with van der Waals surface area (Å²) in [5.74, 6) is -1.59. The van der Waals surface area contributed by atoms with Crippen LogP contribution in [0.2, 0.25) is 0 Å². The van der Waals surface area contributed by atoms with Crippen molar-refractivity contribution in [3.8, 4) is 0 Å². The van der Waals surface area contributed by atoms with Crippen LogP contribution in [0.4, 0.5) is 0 Å². The van der Waals surface area contributed by atoms with Crippen molar-refractivity contribution in [2.24, 2.45) is 23.3 Å². The Morgan fingerprint density at radius 1 is 0.771 bits per heavy atom. The number of rotatable bonds is 18. The van der Waals surface area contributed by atoms with E-state index in [0.29, 0.717) is 45.3 Å². The number of carbonyl (C=O) groups is 4. The van der Waals surface area contributed by atoms with Gasteiger partial charge < -0.3 is 27.0 Å². The minimum absolute atomic E-state index is 0.0642. The molecule has 48 heavy (non-hydrogen) atoms. The van der Waals surface area contributed by atoms with Gasteiger partial charge in [0.15, 0.2) is 5.78 Å². The van der Waals surface area contributed by atoms with Crippen LogP contribution < -0.4 is 22.1 Å². The highest BCUT2D eigenvalue weighted by atomic mass is 16.2. The maximum atomic E-state index is 14.0. The fourth-order valence-electron chi connectivity index (χ4n) is 6.76. The first-order valence-corrected chi connectivity index (χ1v) is 17.4. The van der Waals surface area contributed by atoms with Crippen molar-refractivity contribution >= 4 is 23.5 Å².